The summed E-state index contributed by atoms with van der Waals surface area (Å²) < 4.78 is 27.1. The second kappa shape index (κ2) is 5.16. The number of halogens is 3. The van der Waals surface area contributed by atoms with Crippen LogP contribution in [0.2, 0.25) is 0 Å². The maximum atomic E-state index is 13.7. The molecule has 100 valence electrons. The number of nitrogens with one attached hydrogen (secondary N) is 1. The lowest BCUT2D eigenvalue weighted by molar-refractivity contribution is 0.229. The van der Waals surface area contributed by atoms with Crippen molar-refractivity contribution in [2.24, 2.45) is 5.41 Å². The summed E-state index contributed by atoms with van der Waals surface area (Å²) >= 11 is 3.09. The second-order valence-electron chi connectivity index (χ2n) is 5.85. The lowest BCUT2D eigenvalue weighted by Crippen LogP contribution is -2.32. The summed E-state index contributed by atoms with van der Waals surface area (Å²) in [6.45, 7) is 4.47. The van der Waals surface area contributed by atoms with Crippen LogP contribution in [0.1, 0.15) is 39.5 Å². The van der Waals surface area contributed by atoms with Crippen LogP contribution in [-0.4, -0.2) is 6.04 Å². The Morgan fingerprint density at radius 2 is 2.00 bits per heavy atom. The van der Waals surface area contributed by atoms with Gasteiger partial charge in [0.25, 0.3) is 0 Å². The zero-order chi connectivity index (χ0) is 13.3. The quantitative estimate of drug-likeness (QED) is 0.747. The molecule has 1 saturated carbocycles. The molecule has 1 nitrogen and oxygen atoms in total. The fourth-order valence-corrected chi connectivity index (χ4v) is 3.02. The topological polar surface area (TPSA) is 12.0 Å². The monoisotopic (exact) mass is 317 g/mol. The Kier molecular flexibility index (Phi) is 3.95. The molecule has 0 spiro atoms. The van der Waals surface area contributed by atoms with E-state index >= 15 is 0 Å². The Hall–Kier alpha value is -0.640. The van der Waals surface area contributed by atoms with E-state index in [0.717, 1.165) is 25.3 Å². The zero-order valence-corrected chi connectivity index (χ0v) is 12.3. The molecule has 2 rings (SSSR count). The Morgan fingerprint density at radius 1 is 1.28 bits per heavy atom. The third kappa shape index (κ3) is 3.22. The van der Waals surface area contributed by atoms with Crippen LogP contribution < -0.4 is 5.32 Å². The highest BCUT2D eigenvalue weighted by Crippen LogP contribution is 2.37. The van der Waals surface area contributed by atoms with Gasteiger partial charge >= 0.3 is 0 Å². The van der Waals surface area contributed by atoms with E-state index in [9.17, 15) is 8.78 Å². The Morgan fingerprint density at radius 3 is 2.67 bits per heavy atom. The van der Waals surface area contributed by atoms with Gasteiger partial charge in [-0.25, -0.2) is 8.78 Å². The van der Waals surface area contributed by atoms with E-state index in [0.29, 0.717) is 15.6 Å². The molecular formula is C14H18BrF2N. The standard InChI is InChI=1S/C14H18BrF2N/c1-14(2)5-3-4-9(8-14)18-13-6-10(15)11(16)7-12(13)17/h6-7,9,18H,3-5,8H2,1-2H3. The summed E-state index contributed by atoms with van der Waals surface area (Å²) in [4.78, 5) is 0. The maximum absolute atomic E-state index is 13.7. The van der Waals surface area contributed by atoms with E-state index in [2.05, 4.69) is 35.1 Å². The van der Waals surface area contributed by atoms with E-state index in [1.165, 1.54) is 12.5 Å². The molecule has 1 N–H and O–H groups in total. The maximum Gasteiger partial charge on any atom is 0.149 e. The molecule has 0 bridgehead atoms. The van der Waals surface area contributed by atoms with Crippen LogP contribution in [0.15, 0.2) is 16.6 Å². The predicted octanol–water partition coefficient (Wildman–Crippen LogP) is 5.11. The SMILES string of the molecule is CC1(C)CCCC(Nc2cc(Br)c(F)cc2F)C1. The lowest BCUT2D eigenvalue weighted by atomic mass is 9.75. The third-order valence-corrected chi connectivity index (χ3v) is 4.18. The van der Waals surface area contributed by atoms with Gasteiger partial charge in [-0.05, 0) is 46.7 Å². The molecule has 1 aliphatic carbocycles. The predicted molar refractivity (Wildman–Crippen MR) is 73.7 cm³/mol. The average Bonchev–Trinajstić information content (AvgIpc) is 2.24. The minimum atomic E-state index is -0.568. The van der Waals surface area contributed by atoms with Crippen LogP contribution in [0.4, 0.5) is 14.5 Å². The average molecular weight is 318 g/mol. The smallest absolute Gasteiger partial charge is 0.149 e. The summed E-state index contributed by atoms with van der Waals surface area (Å²) in [7, 11) is 0. The zero-order valence-electron chi connectivity index (χ0n) is 10.7. The Bertz CT molecular complexity index is 446. The number of rotatable bonds is 2. The van der Waals surface area contributed by atoms with E-state index in [-0.39, 0.29) is 6.04 Å². The van der Waals surface area contributed by atoms with Gasteiger partial charge in [-0.1, -0.05) is 20.3 Å². The van der Waals surface area contributed by atoms with Crippen LogP contribution in [0, 0.1) is 17.0 Å². The molecule has 0 aliphatic heterocycles. The summed E-state index contributed by atoms with van der Waals surface area (Å²) in [5.41, 5.74) is 0.676. The van der Waals surface area contributed by atoms with Crippen molar-refractivity contribution in [1.29, 1.82) is 0 Å². The molecule has 1 aliphatic rings. The summed E-state index contributed by atoms with van der Waals surface area (Å²) in [5, 5.41) is 3.20. The van der Waals surface area contributed by atoms with Gasteiger partial charge in [-0.15, -0.1) is 0 Å². The molecule has 0 amide bonds. The van der Waals surface area contributed by atoms with Gasteiger partial charge in [0.15, 0.2) is 0 Å². The van der Waals surface area contributed by atoms with Gasteiger partial charge in [0.05, 0.1) is 10.2 Å². The van der Waals surface area contributed by atoms with Crippen molar-refractivity contribution >= 4 is 21.6 Å². The minimum absolute atomic E-state index is 0.264. The van der Waals surface area contributed by atoms with Gasteiger partial charge in [0, 0.05) is 12.1 Å². The molecule has 18 heavy (non-hydrogen) atoms. The van der Waals surface area contributed by atoms with Crippen LogP contribution in [0.3, 0.4) is 0 Å². The molecule has 1 atom stereocenters. The van der Waals surface area contributed by atoms with Gasteiger partial charge in [-0.2, -0.15) is 0 Å². The van der Waals surface area contributed by atoms with Gasteiger partial charge in [0.1, 0.15) is 11.6 Å². The van der Waals surface area contributed by atoms with Gasteiger partial charge in [-0.3, -0.25) is 0 Å². The van der Waals surface area contributed by atoms with Crippen LogP contribution >= 0.6 is 15.9 Å². The van der Waals surface area contributed by atoms with Crippen LogP contribution in [0.5, 0.6) is 0 Å². The largest absolute Gasteiger partial charge is 0.380 e. The van der Waals surface area contributed by atoms with Crippen LogP contribution in [0.25, 0.3) is 0 Å². The normalized spacial score (nSPS) is 22.8. The highest BCUT2D eigenvalue weighted by Gasteiger charge is 2.28. The first-order valence-corrected chi connectivity index (χ1v) is 7.08. The summed E-state index contributed by atoms with van der Waals surface area (Å²) in [6.07, 6.45) is 4.41. The Balaban J connectivity index is 2.12. The van der Waals surface area contributed by atoms with E-state index in [4.69, 9.17) is 0 Å². The molecule has 4 heteroatoms. The first-order chi connectivity index (χ1) is 8.37. The molecule has 0 heterocycles. The van der Waals surface area contributed by atoms with E-state index in [1.807, 2.05) is 0 Å². The fourth-order valence-electron chi connectivity index (χ4n) is 2.67. The summed E-state index contributed by atoms with van der Waals surface area (Å²) in [5.74, 6) is -1.10. The van der Waals surface area contributed by atoms with Crippen molar-refractivity contribution < 1.29 is 8.78 Å². The van der Waals surface area contributed by atoms with Crippen molar-refractivity contribution in [1.82, 2.24) is 0 Å². The molecule has 1 fully saturated rings. The minimum Gasteiger partial charge on any atom is -0.380 e. The first-order valence-electron chi connectivity index (χ1n) is 6.28. The van der Waals surface area contributed by atoms with Crippen molar-refractivity contribution in [3.63, 3.8) is 0 Å². The molecule has 0 saturated heterocycles. The second-order valence-corrected chi connectivity index (χ2v) is 6.70. The van der Waals surface area contributed by atoms with Crippen molar-refractivity contribution in [3.8, 4) is 0 Å². The number of hydrogen-bond donors (Lipinski definition) is 1. The van der Waals surface area contributed by atoms with Crippen molar-refractivity contribution in [2.75, 3.05) is 5.32 Å². The first kappa shape index (κ1) is 13.8. The van der Waals surface area contributed by atoms with Gasteiger partial charge in [0.2, 0.25) is 0 Å². The molecule has 0 aromatic heterocycles. The van der Waals surface area contributed by atoms with Crippen molar-refractivity contribution in [2.45, 2.75) is 45.6 Å². The highest BCUT2D eigenvalue weighted by atomic mass is 79.9. The van der Waals surface area contributed by atoms with Crippen LogP contribution in [-0.2, 0) is 0 Å². The summed E-state index contributed by atoms with van der Waals surface area (Å²) in [6, 6.07) is 2.66. The highest BCUT2D eigenvalue weighted by molar-refractivity contribution is 9.10. The molecule has 0 radical (unpaired) electrons. The third-order valence-electron chi connectivity index (χ3n) is 3.57. The lowest BCUT2D eigenvalue weighted by Gasteiger charge is -2.36. The number of anilines is 1. The van der Waals surface area contributed by atoms with E-state index < -0.39 is 11.6 Å². The molecular weight excluding hydrogens is 300 g/mol. The number of benzene rings is 1. The fraction of sp³-hybridized carbons (Fsp3) is 0.571. The molecule has 1 unspecified atom stereocenters. The van der Waals surface area contributed by atoms with E-state index in [1.54, 1.807) is 0 Å². The van der Waals surface area contributed by atoms with Gasteiger partial charge < -0.3 is 5.32 Å². The van der Waals surface area contributed by atoms with Crippen molar-refractivity contribution in [3.05, 3.63) is 28.2 Å². The Labute approximate surface area is 115 Å². The number of hydrogen-bond acceptors (Lipinski definition) is 1. The molecule has 1 aromatic rings. The molecule has 1 aromatic carbocycles.